The van der Waals surface area contributed by atoms with Crippen LogP contribution in [0.5, 0.6) is 0 Å². The molecular formula is C11H11N3O. The van der Waals surface area contributed by atoms with Gasteiger partial charge in [0, 0.05) is 12.1 Å². The van der Waals surface area contributed by atoms with Crippen LogP contribution in [0.3, 0.4) is 0 Å². The molecule has 1 aromatic carbocycles. The summed E-state index contributed by atoms with van der Waals surface area (Å²) < 4.78 is 0. The lowest BCUT2D eigenvalue weighted by atomic mass is 10.1. The van der Waals surface area contributed by atoms with Gasteiger partial charge in [0.25, 0.3) is 0 Å². The van der Waals surface area contributed by atoms with Gasteiger partial charge in [0.1, 0.15) is 0 Å². The van der Waals surface area contributed by atoms with Gasteiger partial charge in [-0.15, -0.1) is 0 Å². The Bertz CT molecular complexity index is 444. The molecule has 0 bridgehead atoms. The molecule has 15 heavy (non-hydrogen) atoms. The largest absolute Gasteiger partial charge is 0.399 e. The van der Waals surface area contributed by atoms with Crippen molar-refractivity contribution in [1.29, 1.82) is 5.26 Å². The predicted octanol–water partition coefficient (Wildman–Crippen LogP) is 1.03. The maximum Gasteiger partial charge on any atom is 0.221 e. The van der Waals surface area contributed by atoms with Crippen LogP contribution >= 0.6 is 0 Å². The molecule has 0 atom stereocenters. The molecule has 0 aromatic heterocycles. The first-order valence-electron chi connectivity index (χ1n) is 4.38. The van der Waals surface area contributed by atoms with Crippen LogP contribution in [-0.2, 0) is 4.79 Å². The van der Waals surface area contributed by atoms with E-state index in [9.17, 15) is 4.79 Å². The fourth-order valence-corrected chi connectivity index (χ4v) is 1.12. The number of nitrogen functional groups attached to an aromatic ring is 1. The summed E-state index contributed by atoms with van der Waals surface area (Å²) in [6, 6.07) is 7.04. The molecular weight excluding hydrogens is 190 g/mol. The summed E-state index contributed by atoms with van der Waals surface area (Å²) in [7, 11) is 0. The Labute approximate surface area is 87.8 Å². The Hall–Kier alpha value is -2.28. The van der Waals surface area contributed by atoms with E-state index in [1.54, 1.807) is 30.4 Å². The number of carbonyl (C=O) groups excluding carboxylic acids is 1. The highest BCUT2D eigenvalue weighted by atomic mass is 16.1. The standard InChI is InChI=1S/C11H11N3O/c12-7-9-6-10(13)5-4-8(9)2-1-3-11(14)15/h1-2,4-6H,3,13H2,(H2,14,15). The molecule has 4 heteroatoms. The van der Waals surface area contributed by atoms with E-state index < -0.39 is 5.91 Å². The van der Waals surface area contributed by atoms with Crippen molar-refractivity contribution in [3.05, 3.63) is 35.4 Å². The number of nitrogens with zero attached hydrogens (tertiary/aromatic N) is 1. The average Bonchev–Trinajstić information content (AvgIpc) is 2.19. The molecule has 76 valence electrons. The van der Waals surface area contributed by atoms with Crippen LogP contribution in [0, 0.1) is 11.3 Å². The van der Waals surface area contributed by atoms with E-state index >= 15 is 0 Å². The number of benzene rings is 1. The summed E-state index contributed by atoms with van der Waals surface area (Å²) in [6.07, 6.45) is 3.46. The Morgan fingerprint density at radius 1 is 1.53 bits per heavy atom. The second-order valence-electron chi connectivity index (χ2n) is 3.03. The first-order valence-corrected chi connectivity index (χ1v) is 4.38. The topological polar surface area (TPSA) is 92.9 Å². The molecule has 0 fully saturated rings. The molecule has 0 unspecified atom stereocenters. The Kier molecular flexibility index (Phi) is 3.47. The van der Waals surface area contributed by atoms with Crippen LogP contribution in [-0.4, -0.2) is 5.91 Å². The summed E-state index contributed by atoms with van der Waals surface area (Å²) in [5, 5.41) is 8.82. The monoisotopic (exact) mass is 201 g/mol. The minimum absolute atomic E-state index is 0.162. The lowest BCUT2D eigenvalue weighted by Crippen LogP contribution is -2.07. The van der Waals surface area contributed by atoms with Gasteiger partial charge in [0.2, 0.25) is 5.91 Å². The number of nitrogens with two attached hydrogens (primary N) is 2. The third kappa shape index (κ3) is 3.16. The van der Waals surface area contributed by atoms with E-state index in [1.165, 1.54) is 0 Å². The normalized spacial score (nSPS) is 10.1. The van der Waals surface area contributed by atoms with Gasteiger partial charge in [-0.25, -0.2) is 0 Å². The van der Waals surface area contributed by atoms with Crippen molar-refractivity contribution < 1.29 is 4.79 Å². The third-order valence-electron chi connectivity index (χ3n) is 1.81. The van der Waals surface area contributed by atoms with Gasteiger partial charge in [0.15, 0.2) is 0 Å². The number of nitriles is 1. The highest BCUT2D eigenvalue weighted by Gasteiger charge is 1.98. The van der Waals surface area contributed by atoms with Gasteiger partial charge >= 0.3 is 0 Å². The maximum absolute atomic E-state index is 10.5. The molecule has 0 aliphatic heterocycles. The first kappa shape index (κ1) is 10.8. The van der Waals surface area contributed by atoms with Crippen molar-refractivity contribution >= 4 is 17.7 Å². The van der Waals surface area contributed by atoms with E-state index in [1.807, 2.05) is 6.07 Å². The SMILES string of the molecule is N#Cc1cc(N)ccc1C=CCC(N)=O. The molecule has 0 spiro atoms. The molecule has 4 nitrogen and oxygen atoms in total. The smallest absolute Gasteiger partial charge is 0.221 e. The van der Waals surface area contributed by atoms with Gasteiger partial charge < -0.3 is 11.5 Å². The van der Waals surface area contributed by atoms with Crippen molar-refractivity contribution in [3.8, 4) is 6.07 Å². The predicted molar refractivity (Wildman–Crippen MR) is 58.4 cm³/mol. The zero-order valence-corrected chi connectivity index (χ0v) is 8.10. The van der Waals surface area contributed by atoms with Crippen LogP contribution in [0.15, 0.2) is 24.3 Å². The highest BCUT2D eigenvalue weighted by Crippen LogP contribution is 2.14. The summed E-state index contributed by atoms with van der Waals surface area (Å²) in [5.41, 5.74) is 12.3. The molecule has 1 amide bonds. The lowest BCUT2D eigenvalue weighted by molar-refractivity contribution is -0.117. The highest BCUT2D eigenvalue weighted by molar-refractivity contribution is 5.77. The molecule has 0 aliphatic rings. The van der Waals surface area contributed by atoms with E-state index in [4.69, 9.17) is 16.7 Å². The second-order valence-corrected chi connectivity index (χ2v) is 3.03. The lowest BCUT2D eigenvalue weighted by Gasteiger charge is -1.98. The van der Waals surface area contributed by atoms with Crippen LogP contribution in [0.2, 0.25) is 0 Å². The molecule has 1 aromatic rings. The van der Waals surface area contributed by atoms with Crippen molar-refractivity contribution in [3.63, 3.8) is 0 Å². The van der Waals surface area contributed by atoms with Gasteiger partial charge in [-0.3, -0.25) is 4.79 Å². The molecule has 1 rings (SSSR count). The average molecular weight is 201 g/mol. The minimum atomic E-state index is -0.403. The van der Waals surface area contributed by atoms with Crippen LogP contribution in [0.1, 0.15) is 17.5 Å². The van der Waals surface area contributed by atoms with Gasteiger partial charge in [-0.05, 0) is 17.7 Å². The molecule has 0 radical (unpaired) electrons. The number of rotatable bonds is 3. The quantitative estimate of drug-likeness (QED) is 0.715. The number of primary amides is 1. The van der Waals surface area contributed by atoms with Crippen molar-refractivity contribution in [2.45, 2.75) is 6.42 Å². The molecule has 0 aliphatic carbocycles. The Morgan fingerprint density at radius 2 is 2.27 bits per heavy atom. The zero-order valence-electron chi connectivity index (χ0n) is 8.10. The van der Waals surface area contributed by atoms with Gasteiger partial charge in [-0.2, -0.15) is 5.26 Å². The second kappa shape index (κ2) is 4.82. The van der Waals surface area contributed by atoms with Crippen molar-refractivity contribution in [1.82, 2.24) is 0 Å². The number of hydrogen-bond acceptors (Lipinski definition) is 3. The fourth-order valence-electron chi connectivity index (χ4n) is 1.12. The van der Waals surface area contributed by atoms with Crippen LogP contribution < -0.4 is 11.5 Å². The summed E-state index contributed by atoms with van der Waals surface area (Å²) in [5.74, 6) is -0.403. The number of hydrogen-bond donors (Lipinski definition) is 2. The summed E-state index contributed by atoms with van der Waals surface area (Å²) >= 11 is 0. The number of anilines is 1. The maximum atomic E-state index is 10.5. The first-order chi connectivity index (χ1) is 7.13. The van der Waals surface area contributed by atoms with Gasteiger partial charge in [0.05, 0.1) is 11.6 Å². The molecule has 0 saturated heterocycles. The fraction of sp³-hybridized carbons (Fsp3) is 0.0909. The molecule has 0 heterocycles. The Balaban J connectivity index is 2.91. The third-order valence-corrected chi connectivity index (χ3v) is 1.81. The zero-order chi connectivity index (χ0) is 11.3. The summed E-state index contributed by atoms with van der Waals surface area (Å²) in [6.45, 7) is 0. The van der Waals surface area contributed by atoms with Crippen molar-refractivity contribution in [2.75, 3.05) is 5.73 Å². The van der Waals surface area contributed by atoms with Gasteiger partial charge in [-0.1, -0.05) is 18.2 Å². The van der Waals surface area contributed by atoms with E-state index in [0.29, 0.717) is 11.3 Å². The van der Waals surface area contributed by atoms with Crippen LogP contribution in [0.4, 0.5) is 5.69 Å². The van der Waals surface area contributed by atoms with Crippen molar-refractivity contribution in [2.24, 2.45) is 5.73 Å². The Morgan fingerprint density at radius 3 is 2.87 bits per heavy atom. The number of amides is 1. The molecule has 0 saturated carbocycles. The van der Waals surface area contributed by atoms with E-state index in [2.05, 4.69) is 0 Å². The van der Waals surface area contributed by atoms with E-state index in [0.717, 1.165) is 5.56 Å². The van der Waals surface area contributed by atoms with Crippen LogP contribution in [0.25, 0.3) is 6.08 Å². The summed E-state index contributed by atoms with van der Waals surface area (Å²) in [4.78, 5) is 10.5. The number of carbonyl (C=O) groups is 1. The van der Waals surface area contributed by atoms with E-state index in [-0.39, 0.29) is 6.42 Å². The molecule has 4 N–H and O–H groups in total. The minimum Gasteiger partial charge on any atom is -0.399 e.